The first-order valence-electron chi connectivity index (χ1n) is 16.6. The summed E-state index contributed by atoms with van der Waals surface area (Å²) >= 11 is 0. The van der Waals surface area contributed by atoms with Gasteiger partial charge in [-0.15, -0.1) is 5.69 Å². The maximum absolute atomic E-state index is 5.08. The number of hydrogen-bond donors (Lipinski definition) is 0. The molecule has 0 aromatic heterocycles. The van der Waals surface area contributed by atoms with Crippen LogP contribution in [0.2, 0.25) is 0 Å². The van der Waals surface area contributed by atoms with Gasteiger partial charge in [-0.3, -0.25) is 4.99 Å². The Hall–Kier alpha value is -2.96. The fourth-order valence-corrected chi connectivity index (χ4v) is 7.26. The molecule has 0 aliphatic carbocycles. The average molecular weight is 682 g/mol. The van der Waals surface area contributed by atoms with Crippen LogP contribution in [0.25, 0.3) is 5.32 Å². The molecule has 0 aliphatic heterocycles. The van der Waals surface area contributed by atoms with E-state index in [9.17, 15) is 0 Å². The van der Waals surface area contributed by atoms with Gasteiger partial charge in [-0.1, -0.05) is 152 Å². The zero-order valence-electron chi connectivity index (χ0n) is 29.8. The second-order valence-corrected chi connectivity index (χ2v) is 15.6. The zero-order chi connectivity index (χ0) is 33.1. The topological polar surface area (TPSA) is 26.5 Å². The van der Waals surface area contributed by atoms with Crippen LogP contribution in [0.5, 0.6) is 0 Å². The molecule has 0 saturated heterocycles. The van der Waals surface area contributed by atoms with Gasteiger partial charge in [0.05, 0.1) is 30.9 Å². The van der Waals surface area contributed by atoms with Gasteiger partial charge in [-0.25, -0.2) is 0 Å². The maximum atomic E-state index is 5.08. The summed E-state index contributed by atoms with van der Waals surface area (Å²) in [6, 6.07) is 34.7. The standard InChI is InChI=1S/C29H41N2.C13H13P.Cu/c1-18(2)24-13-11-14-25(19(3)4)28(24)30-22(9)17-23(10)31-29-26(20(5)6)15-12-16-27(29)21(7)8;1-14(12-8-4-2-5-9-12)13-10-6-3-7-11-13;/h11-21H,1-10H3;2-11H,1H3;/q-1;;+1/p+1/b22-17-,31-23?;;. The van der Waals surface area contributed by atoms with E-state index in [1.807, 2.05) is 0 Å². The Morgan fingerprint density at radius 3 is 1.30 bits per heavy atom. The molecule has 0 atom stereocenters. The van der Waals surface area contributed by atoms with Crippen molar-refractivity contribution in [2.24, 2.45) is 4.99 Å². The molecule has 0 heterocycles. The van der Waals surface area contributed by atoms with Gasteiger partial charge < -0.3 is 5.32 Å². The van der Waals surface area contributed by atoms with Gasteiger partial charge in [0.15, 0.2) is 0 Å². The van der Waals surface area contributed by atoms with Crippen molar-refractivity contribution in [1.82, 2.24) is 0 Å². The number of para-hydroxylation sites is 2. The number of nitrogens with zero attached hydrogens (tertiary/aromatic N) is 2. The number of rotatable bonds is 10. The van der Waals surface area contributed by atoms with Crippen LogP contribution in [0.3, 0.4) is 0 Å². The molecule has 0 amide bonds. The van der Waals surface area contributed by atoms with E-state index in [1.165, 1.54) is 32.9 Å². The first kappa shape index (κ1) is 39.2. The molecular formula is C42H55CuN2P+. The number of allylic oxidation sites excluding steroid dienone is 2. The Morgan fingerprint density at radius 1 is 0.565 bits per heavy atom. The van der Waals surface area contributed by atoms with Gasteiger partial charge in [-0.05, 0) is 66.0 Å². The number of hydrogen-bond acceptors (Lipinski definition) is 1. The molecule has 0 unspecified atom stereocenters. The summed E-state index contributed by atoms with van der Waals surface area (Å²) in [6.07, 6.45) is 2.11. The van der Waals surface area contributed by atoms with Gasteiger partial charge in [0.1, 0.15) is 0 Å². The van der Waals surface area contributed by atoms with Crippen LogP contribution in [0, 0.1) is 0 Å². The van der Waals surface area contributed by atoms with E-state index >= 15 is 0 Å². The molecule has 4 aromatic carbocycles. The predicted octanol–water partition coefficient (Wildman–Crippen LogP) is 12.4. The molecule has 0 radical (unpaired) electrons. The van der Waals surface area contributed by atoms with E-state index in [0.717, 1.165) is 22.8 Å². The van der Waals surface area contributed by atoms with E-state index in [4.69, 9.17) is 10.3 Å². The van der Waals surface area contributed by atoms with Crippen LogP contribution in [0.4, 0.5) is 11.4 Å². The summed E-state index contributed by atoms with van der Waals surface area (Å²) in [5.41, 5.74) is 9.45. The Balaban J connectivity index is 0.000000408. The Kier molecular flexibility index (Phi) is 16.2. The molecule has 0 bridgehead atoms. The quantitative estimate of drug-likeness (QED) is 0.0904. The maximum Gasteiger partial charge on any atom is 1.00 e. The van der Waals surface area contributed by atoms with Gasteiger partial charge in [-0.2, -0.15) is 5.70 Å². The molecule has 0 fully saturated rings. The fraction of sp³-hybridized carbons (Fsp3) is 0.357. The fourth-order valence-electron chi connectivity index (χ4n) is 5.54. The summed E-state index contributed by atoms with van der Waals surface area (Å²) in [7, 11) is -0.545. The molecule has 4 rings (SSSR count). The Labute approximate surface area is 292 Å². The van der Waals surface area contributed by atoms with Crippen LogP contribution < -0.4 is 10.6 Å². The third kappa shape index (κ3) is 11.1. The van der Waals surface area contributed by atoms with Crippen LogP contribution in [0.1, 0.15) is 115 Å². The van der Waals surface area contributed by atoms with Crippen molar-refractivity contribution in [1.29, 1.82) is 0 Å². The van der Waals surface area contributed by atoms with E-state index in [0.29, 0.717) is 23.7 Å². The molecule has 0 spiro atoms. The largest absolute Gasteiger partial charge is 1.00 e. The van der Waals surface area contributed by atoms with Crippen LogP contribution in [0.15, 0.2) is 114 Å². The van der Waals surface area contributed by atoms with E-state index in [-0.39, 0.29) is 17.1 Å². The second-order valence-electron chi connectivity index (χ2n) is 13.2. The van der Waals surface area contributed by atoms with Gasteiger partial charge in [0.25, 0.3) is 0 Å². The molecule has 0 saturated carbocycles. The van der Waals surface area contributed by atoms with E-state index < -0.39 is 7.92 Å². The van der Waals surface area contributed by atoms with Crippen LogP contribution in [-0.2, 0) is 17.1 Å². The third-order valence-electron chi connectivity index (χ3n) is 8.09. The predicted molar refractivity (Wildman–Crippen MR) is 205 cm³/mol. The summed E-state index contributed by atoms with van der Waals surface area (Å²) in [5, 5.41) is 8.03. The normalized spacial score (nSPS) is 12.0. The SMILES string of the molecule is CC(/C=C(/C)[N-]c1c(C(C)C)cccc1C(C)C)=Nc1c(C(C)C)cccc1C(C)C.C[PH+](c1ccccc1)c1ccccc1.[Cu+]. The van der Waals surface area contributed by atoms with Crippen molar-refractivity contribution in [3.05, 3.63) is 136 Å². The molecule has 46 heavy (non-hydrogen) atoms. The summed E-state index contributed by atoms with van der Waals surface area (Å²) < 4.78 is 0. The van der Waals surface area contributed by atoms with Crippen molar-refractivity contribution in [3.8, 4) is 0 Å². The molecule has 2 nitrogen and oxygen atoms in total. The second kappa shape index (κ2) is 19.0. The van der Waals surface area contributed by atoms with Gasteiger partial charge in [0, 0.05) is 5.71 Å². The minimum absolute atomic E-state index is 0. The summed E-state index contributed by atoms with van der Waals surface area (Å²) in [5.74, 6) is 1.75. The molecule has 4 heteroatoms. The number of benzene rings is 4. The van der Waals surface area contributed by atoms with Crippen molar-refractivity contribution >= 4 is 35.6 Å². The van der Waals surface area contributed by atoms with Crippen LogP contribution in [-0.4, -0.2) is 12.4 Å². The van der Waals surface area contributed by atoms with E-state index in [2.05, 4.69) is 179 Å². The first-order valence-corrected chi connectivity index (χ1v) is 18.6. The molecule has 248 valence electrons. The molecular weight excluding hydrogens is 627 g/mol. The number of aliphatic imine (C=N–C) groups is 1. The van der Waals surface area contributed by atoms with E-state index in [1.54, 1.807) is 0 Å². The minimum atomic E-state index is -0.545. The Bertz CT molecular complexity index is 1460. The van der Waals surface area contributed by atoms with Crippen molar-refractivity contribution < 1.29 is 17.1 Å². The third-order valence-corrected chi connectivity index (χ3v) is 10.5. The Morgan fingerprint density at radius 2 is 0.935 bits per heavy atom. The van der Waals surface area contributed by atoms with Gasteiger partial charge >= 0.3 is 17.1 Å². The van der Waals surface area contributed by atoms with Crippen LogP contribution >= 0.6 is 7.92 Å². The average Bonchev–Trinajstić information content (AvgIpc) is 3.01. The first-order chi connectivity index (χ1) is 21.4. The van der Waals surface area contributed by atoms with Crippen molar-refractivity contribution in [3.63, 3.8) is 0 Å². The van der Waals surface area contributed by atoms with Gasteiger partial charge in [0.2, 0.25) is 0 Å². The summed E-state index contributed by atoms with van der Waals surface area (Å²) in [6.45, 7) is 24.4. The van der Waals surface area contributed by atoms with Crippen molar-refractivity contribution in [2.75, 3.05) is 6.66 Å². The van der Waals surface area contributed by atoms with Crippen molar-refractivity contribution in [2.45, 2.75) is 92.9 Å². The monoisotopic (exact) mass is 681 g/mol. The molecule has 0 aliphatic rings. The minimum Gasteiger partial charge on any atom is -0.661 e. The summed E-state index contributed by atoms with van der Waals surface area (Å²) in [4.78, 5) is 5.08. The smallest absolute Gasteiger partial charge is 0.661 e. The molecule has 0 N–H and O–H groups in total. The zero-order valence-corrected chi connectivity index (χ0v) is 31.8. The molecule has 4 aromatic rings.